The maximum absolute atomic E-state index is 13.4. The van der Waals surface area contributed by atoms with E-state index in [0.29, 0.717) is 6.54 Å². The van der Waals surface area contributed by atoms with Crippen LogP contribution in [0.15, 0.2) is 29.3 Å². The molecule has 0 saturated heterocycles. The minimum Gasteiger partial charge on any atom is -0.357 e. The standard InChI is InChI=1S/C22H32FN5.HI/c1-5-24-21(25-14-20-16(2)27-28(4)17(20)3)26-15-22(12-6-7-13-22)18-8-10-19(23)11-9-18;/h8-11H,5-7,12-15H2,1-4H3,(H2,24,25,26);1H. The fourth-order valence-corrected chi connectivity index (χ4v) is 4.22. The predicted molar refractivity (Wildman–Crippen MR) is 127 cm³/mol. The molecule has 0 bridgehead atoms. The van der Waals surface area contributed by atoms with Crippen molar-refractivity contribution in [3.8, 4) is 0 Å². The summed E-state index contributed by atoms with van der Waals surface area (Å²) < 4.78 is 15.3. The minimum absolute atomic E-state index is 0. The Morgan fingerprint density at radius 2 is 1.83 bits per heavy atom. The lowest BCUT2D eigenvalue weighted by molar-refractivity contribution is 0.431. The Labute approximate surface area is 190 Å². The monoisotopic (exact) mass is 513 g/mol. The number of nitrogens with zero attached hydrogens (tertiary/aromatic N) is 3. The molecule has 2 aromatic rings. The van der Waals surface area contributed by atoms with Gasteiger partial charge in [-0.25, -0.2) is 9.38 Å². The molecule has 3 rings (SSSR count). The molecule has 2 N–H and O–H groups in total. The number of aromatic nitrogens is 2. The highest BCUT2D eigenvalue weighted by Gasteiger charge is 2.35. The van der Waals surface area contributed by atoms with E-state index in [1.54, 1.807) is 12.1 Å². The number of guanidine groups is 1. The first-order valence-corrected chi connectivity index (χ1v) is 10.2. The molecule has 0 unspecified atom stereocenters. The molecule has 0 atom stereocenters. The van der Waals surface area contributed by atoms with Crippen LogP contribution in [0, 0.1) is 19.7 Å². The quantitative estimate of drug-likeness (QED) is 0.343. The van der Waals surface area contributed by atoms with Gasteiger partial charge in [0.05, 0.1) is 12.2 Å². The summed E-state index contributed by atoms with van der Waals surface area (Å²) in [5.74, 6) is 0.639. The van der Waals surface area contributed by atoms with Crippen LogP contribution in [0.2, 0.25) is 0 Å². The van der Waals surface area contributed by atoms with Crippen LogP contribution in [-0.4, -0.2) is 28.8 Å². The van der Waals surface area contributed by atoms with Crippen LogP contribution >= 0.6 is 24.0 Å². The summed E-state index contributed by atoms with van der Waals surface area (Å²) in [4.78, 5) is 4.80. The number of aryl methyl sites for hydroxylation is 2. The van der Waals surface area contributed by atoms with E-state index in [9.17, 15) is 4.39 Å². The Morgan fingerprint density at radius 1 is 1.17 bits per heavy atom. The number of nitrogens with one attached hydrogen (secondary N) is 2. The van der Waals surface area contributed by atoms with Crippen molar-refractivity contribution in [2.45, 2.75) is 58.4 Å². The zero-order valence-corrected chi connectivity index (χ0v) is 20.2. The highest BCUT2D eigenvalue weighted by molar-refractivity contribution is 14.0. The summed E-state index contributed by atoms with van der Waals surface area (Å²) in [5, 5.41) is 11.4. The van der Waals surface area contributed by atoms with E-state index in [1.807, 2.05) is 30.8 Å². The smallest absolute Gasteiger partial charge is 0.191 e. The van der Waals surface area contributed by atoms with E-state index in [2.05, 4.69) is 29.6 Å². The van der Waals surface area contributed by atoms with Gasteiger partial charge in [0, 0.05) is 36.8 Å². The molecule has 1 fully saturated rings. The lowest BCUT2D eigenvalue weighted by Crippen LogP contribution is -2.44. The van der Waals surface area contributed by atoms with Crippen molar-refractivity contribution >= 4 is 29.9 Å². The van der Waals surface area contributed by atoms with E-state index in [0.717, 1.165) is 43.3 Å². The van der Waals surface area contributed by atoms with Gasteiger partial charge in [0.25, 0.3) is 0 Å². The first-order valence-electron chi connectivity index (χ1n) is 10.2. The van der Waals surface area contributed by atoms with Crippen LogP contribution < -0.4 is 10.6 Å². The molecule has 1 heterocycles. The average molecular weight is 513 g/mol. The maximum atomic E-state index is 13.4. The molecule has 0 radical (unpaired) electrons. The molecule has 1 aromatic heterocycles. The van der Waals surface area contributed by atoms with Crippen molar-refractivity contribution in [1.29, 1.82) is 0 Å². The van der Waals surface area contributed by atoms with E-state index in [4.69, 9.17) is 4.99 Å². The molecule has 0 aliphatic heterocycles. The van der Waals surface area contributed by atoms with E-state index < -0.39 is 0 Å². The van der Waals surface area contributed by atoms with Crippen LogP contribution in [0.1, 0.15) is 55.1 Å². The topological polar surface area (TPSA) is 54.2 Å². The van der Waals surface area contributed by atoms with Crippen molar-refractivity contribution in [3.05, 3.63) is 52.6 Å². The third-order valence-corrected chi connectivity index (χ3v) is 6.01. The number of halogens is 2. The van der Waals surface area contributed by atoms with E-state index >= 15 is 0 Å². The van der Waals surface area contributed by atoms with Crippen molar-refractivity contribution in [3.63, 3.8) is 0 Å². The molecule has 29 heavy (non-hydrogen) atoms. The molecule has 0 spiro atoms. The first-order chi connectivity index (χ1) is 13.4. The fraction of sp³-hybridized carbons (Fsp3) is 0.545. The lowest BCUT2D eigenvalue weighted by Gasteiger charge is -2.31. The van der Waals surface area contributed by atoms with Gasteiger partial charge in [-0.15, -0.1) is 24.0 Å². The third kappa shape index (κ3) is 5.49. The van der Waals surface area contributed by atoms with Gasteiger partial charge in [-0.3, -0.25) is 4.68 Å². The Hall–Kier alpha value is -1.64. The van der Waals surface area contributed by atoms with Crippen LogP contribution in [0.4, 0.5) is 4.39 Å². The highest BCUT2D eigenvalue weighted by atomic mass is 127. The predicted octanol–water partition coefficient (Wildman–Crippen LogP) is 4.36. The summed E-state index contributed by atoms with van der Waals surface area (Å²) in [6.45, 7) is 8.39. The van der Waals surface area contributed by atoms with Crippen LogP contribution in [0.3, 0.4) is 0 Å². The summed E-state index contributed by atoms with van der Waals surface area (Å²) in [6, 6.07) is 7.02. The van der Waals surface area contributed by atoms with Gasteiger partial charge in [0.1, 0.15) is 5.82 Å². The number of rotatable bonds is 6. The first kappa shape index (κ1) is 23.6. The number of aliphatic imine (C=N–C) groups is 1. The van der Waals surface area contributed by atoms with Crippen molar-refractivity contribution in [2.75, 3.05) is 13.1 Å². The van der Waals surface area contributed by atoms with Crippen molar-refractivity contribution in [2.24, 2.45) is 12.0 Å². The molecule has 1 saturated carbocycles. The molecule has 1 aromatic carbocycles. The van der Waals surface area contributed by atoms with Gasteiger partial charge in [0.15, 0.2) is 5.96 Å². The molecular weight excluding hydrogens is 480 g/mol. The molecule has 0 amide bonds. The van der Waals surface area contributed by atoms with Gasteiger partial charge < -0.3 is 10.6 Å². The second-order valence-electron chi connectivity index (χ2n) is 7.82. The van der Waals surface area contributed by atoms with Crippen LogP contribution in [0.25, 0.3) is 0 Å². The normalized spacial score (nSPS) is 15.8. The van der Waals surface area contributed by atoms with Gasteiger partial charge in [-0.05, 0) is 51.3 Å². The summed E-state index contributed by atoms with van der Waals surface area (Å²) in [7, 11) is 1.96. The molecule has 1 aliphatic rings. The fourth-order valence-electron chi connectivity index (χ4n) is 4.22. The third-order valence-electron chi connectivity index (χ3n) is 6.01. The second kappa shape index (κ2) is 10.4. The molecule has 160 valence electrons. The maximum Gasteiger partial charge on any atom is 0.191 e. The zero-order valence-electron chi connectivity index (χ0n) is 17.9. The van der Waals surface area contributed by atoms with Crippen LogP contribution in [0.5, 0.6) is 0 Å². The van der Waals surface area contributed by atoms with E-state index in [-0.39, 0.29) is 35.2 Å². The second-order valence-corrected chi connectivity index (χ2v) is 7.82. The molecule has 5 nitrogen and oxygen atoms in total. The summed E-state index contributed by atoms with van der Waals surface area (Å²) in [5.41, 5.74) is 4.61. The number of benzene rings is 1. The number of hydrogen-bond acceptors (Lipinski definition) is 2. The van der Waals surface area contributed by atoms with Crippen molar-refractivity contribution < 1.29 is 4.39 Å². The lowest BCUT2D eigenvalue weighted by atomic mass is 9.79. The van der Waals surface area contributed by atoms with Crippen molar-refractivity contribution in [1.82, 2.24) is 20.4 Å². The largest absolute Gasteiger partial charge is 0.357 e. The van der Waals surface area contributed by atoms with Gasteiger partial charge in [-0.2, -0.15) is 5.10 Å². The van der Waals surface area contributed by atoms with Gasteiger partial charge in [-0.1, -0.05) is 25.0 Å². The highest BCUT2D eigenvalue weighted by Crippen LogP contribution is 2.40. The Morgan fingerprint density at radius 3 is 2.38 bits per heavy atom. The Balaban J connectivity index is 0.00000300. The summed E-state index contributed by atoms with van der Waals surface area (Å²) >= 11 is 0. The Bertz CT molecular complexity index is 822. The Kier molecular flexibility index (Phi) is 8.48. The minimum atomic E-state index is -0.179. The van der Waals surface area contributed by atoms with Gasteiger partial charge >= 0.3 is 0 Å². The number of hydrogen-bond donors (Lipinski definition) is 2. The summed E-state index contributed by atoms with van der Waals surface area (Å²) in [6.07, 6.45) is 4.65. The average Bonchev–Trinajstić information content (AvgIpc) is 3.25. The van der Waals surface area contributed by atoms with Gasteiger partial charge in [0.2, 0.25) is 0 Å². The van der Waals surface area contributed by atoms with Crippen LogP contribution in [-0.2, 0) is 19.0 Å². The molecule has 1 aliphatic carbocycles. The molecular formula is C22H33FIN5. The van der Waals surface area contributed by atoms with E-state index in [1.165, 1.54) is 24.0 Å². The zero-order chi connectivity index (χ0) is 20.1. The molecule has 7 heteroatoms. The SMILES string of the molecule is CCNC(=NCc1c(C)nn(C)c1C)NCC1(c2ccc(F)cc2)CCCC1.I.